The van der Waals surface area contributed by atoms with E-state index in [1.165, 1.54) is 19.3 Å². The number of H-pyrrole nitrogens is 1. The van der Waals surface area contributed by atoms with Crippen molar-refractivity contribution in [3.8, 4) is 0 Å². The van der Waals surface area contributed by atoms with Crippen LogP contribution in [0.4, 0.5) is 0 Å². The molecule has 0 amide bonds. The van der Waals surface area contributed by atoms with Crippen molar-refractivity contribution in [1.29, 1.82) is 0 Å². The number of nitrogens with zero attached hydrogens (tertiary/aromatic N) is 2. The van der Waals surface area contributed by atoms with E-state index in [0.717, 1.165) is 18.7 Å². The van der Waals surface area contributed by atoms with Crippen molar-refractivity contribution >= 4 is 5.97 Å². The number of rotatable bonds is 4. The zero-order valence-corrected chi connectivity index (χ0v) is 10.2. The van der Waals surface area contributed by atoms with Crippen molar-refractivity contribution in [2.75, 3.05) is 0 Å². The molecule has 0 unspecified atom stereocenters. The molecule has 1 aromatic heterocycles. The summed E-state index contributed by atoms with van der Waals surface area (Å²) in [5, 5.41) is 15.7. The quantitative estimate of drug-likeness (QED) is 0.840. The monoisotopic (exact) mass is 237 g/mol. The highest BCUT2D eigenvalue weighted by Gasteiger charge is 2.32. The summed E-state index contributed by atoms with van der Waals surface area (Å²) in [6.45, 7) is 2.20. The number of nitrogens with one attached hydrogen (secondary N) is 1. The Kier molecular flexibility index (Phi) is 3.45. The van der Waals surface area contributed by atoms with Gasteiger partial charge in [-0.15, -0.1) is 0 Å². The van der Waals surface area contributed by atoms with Gasteiger partial charge in [0.25, 0.3) is 0 Å². The Morgan fingerprint density at radius 2 is 2.12 bits per heavy atom. The molecule has 5 heteroatoms. The van der Waals surface area contributed by atoms with Gasteiger partial charge in [0, 0.05) is 11.8 Å². The first kappa shape index (κ1) is 12.1. The van der Waals surface area contributed by atoms with Crippen LogP contribution in [-0.2, 0) is 16.6 Å². The summed E-state index contributed by atoms with van der Waals surface area (Å²) in [7, 11) is 0. The van der Waals surface area contributed by atoms with Crippen molar-refractivity contribution in [3.05, 3.63) is 11.6 Å². The highest BCUT2D eigenvalue weighted by atomic mass is 16.4. The lowest BCUT2D eigenvalue weighted by molar-refractivity contribution is -0.137. The third-order valence-corrected chi connectivity index (χ3v) is 3.60. The largest absolute Gasteiger partial charge is 0.481 e. The molecular weight excluding hydrogens is 218 g/mol. The van der Waals surface area contributed by atoms with Crippen LogP contribution in [0.25, 0.3) is 0 Å². The Morgan fingerprint density at radius 1 is 1.41 bits per heavy atom. The van der Waals surface area contributed by atoms with Gasteiger partial charge in [-0.1, -0.05) is 26.2 Å². The molecule has 0 aromatic carbocycles. The SMILES string of the molecule is CC1(c2n[nH]c(CCC(=O)O)n2)CCCCC1. The van der Waals surface area contributed by atoms with Gasteiger partial charge in [0.2, 0.25) is 0 Å². The lowest BCUT2D eigenvalue weighted by atomic mass is 9.75. The zero-order valence-electron chi connectivity index (χ0n) is 10.2. The van der Waals surface area contributed by atoms with Crippen LogP contribution < -0.4 is 0 Å². The number of hydrogen-bond acceptors (Lipinski definition) is 3. The Hall–Kier alpha value is -1.39. The molecule has 2 N–H and O–H groups in total. The maximum Gasteiger partial charge on any atom is 0.303 e. The molecule has 0 atom stereocenters. The molecule has 2 rings (SSSR count). The number of carboxylic acid groups (broad SMARTS) is 1. The van der Waals surface area contributed by atoms with Crippen molar-refractivity contribution in [2.45, 2.75) is 57.3 Å². The van der Waals surface area contributed by atoms with Crippen molar-refractivity contribution in [1.82, 2.24) is 15.2 Å². The molecule has 0 saturated heterocycles. The highest BCUT2D eigenvalue weighted by Crippen LogP contribution is 2.36. The predicted octanol–water partition coefficient (Wildman–Crippen LogP) is 2.04. The fourth-order valence-corrected chi connectivity index (χ4v) is 2.46. The van der Waals surface area contributed by atoms with E-state index in [1.807, 2.05) is 0 Å². The Morgan fingerprint density at radius 3 is 2.76 bits per heavy atom. The van der Waals surface area contributed by atoms with Gasteiger partial charge in [0.05, 0.1) is 6.42 Å². The smallest absolute Gasteiger partial charge is 0.303 e. The van der Waals surface area contributed by atoms with E-state index >= 15 is 0 Å². The van der Waals surface area contributed by atoms with Crippen LogP contribution >= 0.6 is 0 Å². The van der Waals surface area contributed by atoms with Gasteiger partial charge in [-0.25, -0.2) is 4.98 Å². The molecule has 1 aliphatic carbocycles. The second-order valence-corrected chi connectivity index (χ2v) is 5.12. The summed E-state index contributed by atoms with van der Waals surface area (Å²) in [4.78, 5) is 14.9. The van der Waals surface area contributed by atoms with Crippen LogP contribution in [-0.4, -0.2) is 26.3 Å². The summed E-state index contributed by atoms with van der Waals surface area (Å²) >= 11 is 0. The summed E-state index contributed by atoms with van der Waals surface area (Å²) in [6.07, 6.45) is 6.55. The van der Waals surface area contributed by atoms with E-state index in [1.54, 1.807) is 0 Å². The van der Waals surface area contributed by atoms with Gasteiger partial charge >= 0.3 is 5.97 Å². The van der Waals surface area contributed by atoms with Gasteiger partial charge in [-0.05, 0) is 12.8 Å². The molecule has 94 valence electrons. The second-order valence-electron chi connectivity index (χ2n) is 5.12. The van der Waals surface area contributed by atoms with E-state index in [4.69, 9.17) is 5.11 Å². The lowest BCUT2D eigenvalue weighted by Gasteiger charge is -2.30. The molecule has 1 aromatic rings. The van der Waals surface area contributed by atoms with Crippen LogP contribution in [0.2, 0.25) is 0 Å². The summed E-state index contributed by atoms with van der Waals surface area (Å²) in [5.74, 6) is 0.749. The number of aliphatic carboxylic acids is 1. The molecule has 0 bridgehead atoms. The van der Waals surface area contributed by atoms with Gasteiger partial charge in [0.1, 0.15) is 5.82 Å². The number of aromatic nitrogens is 3. The fraction of sp³-hybridized carbons (Fsp3) is 0.750. The van der Waals surface area contributed by atoms with Crippen LogP contribution in [0.5, 0.6) is 0 Å². The van der Waals surface area contributed by atoms with Crippen LogP contribution in [0.15, 0.2) is 0 Å². The standard InChI is InChI=1S/C12H19N3O2/c1-12(7-3-2-4-8-12)11-13-9(14-15-11)5-6-10(16)17/h2-8H2,1H3,(H,16,17)(H,13,14,15). The maximum atomic E-state index is 10.5. The minimum absolute atomic E-state index is 0.0796. The average Bonchev–Trinajstić information content (AvgIpc) is 2.76. The van der Waals surface area contributed by atoms with Crippen LogP contribution in [0, 0.1) is 0 Å². The minimum Gasteiger partial charge on any atom is -0.481 e. The molecule has 1 aliphatic rings. The van der Waals surface area contributed by atoms with Crippen molar-refractivity contribution < 1.29 is 9.90 Å². The van der Waals surface area contributed by atoms with E-state index < -0.39 is 5.97 Å². The van der Waals surface area contributed by atoms with Crippen molar-refractivity contribution in [2.24, 2.45) is 0 Å². The van der Waals surface area contributed by atoms with Crippen LogP contribution in [0.1, 0.15) is 57.1 Å². The van der Waals surface area contributed by atoms with Crippen LogP contribution in [0.3, 0.4) is 0 Å². The number of hydrogen-bond donors (Lipinski definition) is 2. The predicted molar refractivity (Wildman–Crippen MR) is 62.8 cm³/mol. The summed E-state index contributed by atoms with van der Waals surface area (Å²) < 4.78 is 0. The first-order chi connectivity index (χ1) is 8.10. The topological polar surface area (TPSA) is 78.9 Å². The Balaban J connectivity index is 2.03. The minimum atomic E-state index is -0.799. The van der Waals surface area contributed by atoms with Gasteiger partial charge in [-0.3, -0.25) is 9.89 Å². The molecule has 1 fully saturated rings. The summed E-state index contributed by atoms with van der Waals surface area (Å²) in [5.41, 5.74) is 0.0796. The average molecular weight is 237 g/mol. The summed E-state index contributed by atoms with van der Waals surface area (Å²) in [6, 6.07) is 0. The van der Waals surface area contributed by atoms with E-state index in [0.29, 0.717) is 12.2 Å². The highest BCUT2D eigenvalue weighted by molar-refractivity contribution is 5.66. The number of carboxylic acids is 1. The first-order valence-corrected chi connectivity index (χ1v) is 6.24. The van der Waals surface area contributed by atoms with Gasteiger partial charge < -0.3 is 5.11 Å². The third kappa shape index (κ3) is 2.84. The van der Waals surface area contributed by atoms with E-state index in [2.05, 4.69) is 22.1 Å². The van der Waals surface area contributed by atoms with E-state index in [-0.39, 0.29) is 11.8 Å². The van der Waals surface area contributed by atoms with Gasteiger partial charge in [-0.2, -0.15) is 5.10 Å². The molecule has 17 heavy (non-hydrogen) atoms. The van der Waals surface area contributed by atoms with Gasteiger partial charge in [0.15, 0.2) is 5.82 Å². The van der Waals surface area contributed by atoms with Crippen molar-refractivity contribution in [3.63, 3.8) is 0 Å². The molecule has 0 spiro atoms. The van der Waals surface area contributed by atoms with E-state index in [9.17, 15) is 4.79 Å². The normalized spacial score (nSPS) is 19.1. The lowest BCUT2D eigenvalue weighted by Crippen LogP contribution is -2.26. The number of carbonyl (C=O) groups is 1. The third-order valence-electron chi connectivity index (χ3n) is 3.60. The maximum absolute atomic E-state index is 10.5. The zero-order chi connectivity index (χ0) is 12.3. The molecule has 1 saturated carbocycles. The fourth-order valence-electron chi connectivity index (χ4n) is 2.46. The second kappa shape index (κ2) is 4.85. The number of aromatic amines is 1. The molecule has 0 aliphatic heterocycles. The molecular formula is C12H19N3O2. The molecule has 0 radical (unpaired) electrons. The Bertz CT molecular complexity index is 394. The molecule has 5 nitrogen and oxygen atoms in total. The molecule has 1 heterocycles. The Labute approximate surface area is 101 Å². The number of aryl methyl sites for hydroxylation is 1. The first-order valence-electron chi connectivity index (χ1n) is 6.24.